The minimum Gasteiger partial charge on any atom is -0.493 e. The van der Waals surface area contributed by atoms with Crippen LogP contribution in [0.25, 0.3) is 0 Å². The number of carbonyl (C=O) groups excluding carboxylic acids is 3. The molecule has 3 aromatic rings. The fourth-order valence-electron chi connectivity index (χ4n) is 5.28. The van der Waals surface area contributed by atoms with Gasteiger partial charge in [0, 0.05) is 28.9 Å². The molecule has 5 rings (SSSR count). The number of aryl methyl sites for hydroxylation is 1. The number of aromatic nitrogens is 1. The molecule has 1 spiro atoms. The van der Waals surface area contributed by atoms with Gasteiger partial charge in [-0.15, -0.1) is 0 Å². The van der Waals surface area contributed by atoms with Gasteiger partial charge in [-0.1, -0.05) is 48.5 Å². The lowest BCUT2D eigenvalue weighted by Crippen LogP contribution is -2.47. The van der Waals surface area contributed by atoms with Crippen molar-refractivity contribution in [3.63, 3.8) is 0 Å². The first kappa shape index (κ1) is 21.9. The van der Waals surface area contributed by atoms with E-state index in [-0.39, 0.29) is 18.4 Å². The summed E-state index contributed by atoms with van der Waals surface area (Å²) >= 11 is 0. The van der Waals surface area contributed by atoms with Gasteiger partial charge < -0.3 is 14.6 Å². The number of amides is 3. The molecule has 0 aliphatic carbocycles. The highest BCUT2D eigenvalue weighted by molar-refractivity contribution is 6.12. The van der Waals surface area contributed by atoms with Crippen LogP contribution in [0.4, 0.5) is 4.79 Å². The molecular formula is C27H27N3O4. The zero-order chi connectivity index (χ0) is 24.0. The van der Waals surface area contributed by atoms with Crippen molar-refractivity contribution in [1.29, 1.82) is 0 Å². The Bertz CT molecular complexity index is 1300. The van der Waals surface area contributed by atoms with Crippen molar-refractivity contribution in [1.82, 2.24) is 14.8 Å². The summed E-state index contributed by atoms with van der Waals surface area (Å²) < 4.78 is 7.79. The van der Waals surface area contributed by atoms with E-state index in [2.05, 4.69) is 28.9 Å². The lowest BCUT2D eigenvalue weighted by molar-refractivity contribution is -0.132. The summed E-state index contributed by atoms with van der Waals surface area (Å²) in [6, 6.07) is 18.6. The maximum absolute atomic E-state index is 13.5. The van der Waals surface area contributed by atoms with E-state index in [1.807, 2.05) is 50.2 Å². The topological polar surface area (TPSA) is 80.6 Å². The van der Waals surface area contributed by atoms with Crippen LogP contribution in [0, 0.1) is 13.8 Å². The first-order valence-corrected chi connectivity index (χ1v) is 11.5. The Morgan fingerprint density at radius 3 is 2.56 bits per heavy atom. The smallest absolute Gasteiger partial charge is 0.325 e. The molecule has 1 aromatic heterocycles. The molecule has 1 N–H and O–H groups in total. The number of para-hydroxylation sites is 1. The summed E-state index contributed by atoms with van der Waals surface area (Å²) in [5.41, 5.74) is 2.86. The van der Waals surface area contributed by atoms with E-state index in [0.29, 0.717) is 29.9 Å². The summed E-state index contributed by atoms with van der Waals surface area (Å²) in [6.07, 6.45) is 0.322. The largest absolute Gasteiger partial charge is 0.493 e. The van der Waals surface area contributed by atoms with Gasteiger partial charge in [-0.2, -0.15) is 0 Å². The molecule has 174 valence electrons. The van der Waals surface area contributed by atoms with Crippen LogP contribution < -0.4 is 10.1 Å². The van der Waals surface area contributed by atoms with Gasteiger partial charge in [0.15, 0.2) is 11.3 Å². The second kappa shape index (κ2) is 8.17. The summed E-state index contributed by atoms with van der Waals surface area (Å²) in [4.78, 5) is 40.8. The molecule has 3 amide bonds. The molecule has 2 aromatic carbocycles. The minimum absolute atomic E-state index is 0.0430. The third-order valence-electron chi connectivity index (χ3n) is 7.01. The number of Topliss-reactive ketones (excluding diaryl/α,β-unsaturated/α-hetero) is 1. The van der Waals surface area contributed by atoms with Crippen LogP contribution in [-0.2, 0) is 10.3 Å². The third-order valence-corrected chi connectivity index (χ3v) is 7.01. The van der Waals surface area contributed by atoms with Crippen LogP contribution in [0.3, 0.4) is 0 Å². The average Bonchev–Trinajstić information content (AvgIpc) is 3.27. The second-order valence-electron chi connectivity index (χ2n) is 8.99. The predicted octanol–water partition coefficient (Wildman–Crippen LogP) is 4.13. The van der Waals surface area contributed by atoms with Crippen molar-refractivity contribution in [2.75, 3.05) is 13.2 Å². The van der Waals surface area contributed by atoms with Gasteiger partial charge in [-0.05, 0) is 38.5 Å². The lowest BCUT2D eigenvalue weighted by Gasteiger charge is -2.33. The summed E-state index contributed by atoms with van der Waals surface area (Å²) in [7, 11) is 0. The molecule has 0 unspecified atom stereocenters. The van der Waals surface area contributed by atoms with E-state index >= 15 is 0 Å². The van der Waals surface area contributed by atoms with Gasteiger partial charge >= 0.3 is 6.03 Å². The summed E-state index contributed by atoms with van der Waals surface area (Å²) in [5.74, 6) is -0.0948. The summed E-state index contributed by atoms with van der Waals surface area (Å²) in [6.45, 7) is 5.96. The number of hydrogen-bond acceptors (Lipinski definition) is 4. The SMILES string of the molecule is Cc1cc(C(=O)CN2C(=O)N[C@]3(CCOc4ccccc43)C2=O)c(C)n1[C@@H](C)c1ccccc1. The molecule has 1 fully saturated rings. The van der Waals surface area contributed by atoms with Crippen molar-refractivity contribution in [2.24, 2.45) is 0 Å². The number of fused-ring (bicyclic) bond motifs is 2. The van der Waals surface area contributed by atoms with Crippen LogP contribution in [0.5, 0.6) is 5.75 Å². The number of carbonyl (C=O) groups is 3. The Morgan fingerprint density at radius 1 is 1.09 bits per heavy atom. The number of rotatable bonds is 5. The van der Waals surface area contributed by atoms with Crippen molar-refractivity contribution in [2.45, 2.75) is 38.8 Å². The maximum Gasteiger partial charge on any atom is 0.325 e. The Labute approximate surface area is 198 Å². The molecule has 1 saturated heterocycles. The van der Waals surface area contributed by atoms with E-state index in [0.717, 1.165) is 21.9 Å². The number of nitrogens with one attached hydrogen (secondary N) is 1. The van der Waals surface area contributed by atoms with Gasteiger partial charge in [0.2, 0.25) is 0 Å². The Kier molecular flexibility index (Phi) is 5.27. The second-order valence-corrected chi connectivity index (χ2v) is 8.99. The summed E-state index contributed by atoms with van der Waals surface area (Å²) in [5, 5.41) is 2.85. The molecular weight excluding hydrogens is 430 g/mol. The monoisotopic (exact) mass is 457 g/mol. The quantitative estimate of drug-likeness (QED) is 0.462. The highest BCUT2D eigenvalue weighted by Crippen LogP contribution is 2.41. The van der Waals surface area contributed by atoms with Crippen molar-refractivity contribution in [3.05, 3.63) is 88.7 Å². The van der Waals surface area contributed by atoms with Crippen molar-refractivity contribution in [3.8, 4) is 5.75 Å². The lowest BCUT2D eigenvalue weighted by atomic mass is 9.84. The first-order chi connectivity index (χ1) is 16.3. The number of urea groups is 1. The molecule has 2 aliphatic rings. The van der Waals surface area contributed by atoms with Crippen LogP contribution >= 0.6 is 0 Å². The molecule has 34 heavy (non-hydrogen) atoms. The van der Waals surface area contributed by atoms with Crippen LogP contribution in [0.2, 0.25) is 0 Å². The highest BCUT2D eigenvalue weighted by Gasteiger charge is 2.55. The first-order valence-electron chi connectivity index (χ1n) is 11.5. The van der Waals surface area contributed by atoms with Gasteiger partial charge in [0.25, 0.3) is 5.91 Å². The van der Waals surface area contributed by atoms with Crippen LogP contribution in [-0.4, -0.2) is 40.3 Å². The van der Waals surface area contributed by atoms with Gasteiger partial charge in [0.05, 0.1) is 19.2 Å². The average molecular weight is 458 g/mol. The van der Waals surface area contributed by atoms with Crippen LogP contribution in [0.1, 0.15) is 52.3 Å². The van der Waals surface area contributed by atoms with Crippen molar-refractivity contribution < 1.29 is 19.1 Å². The molecule has 0 saturated carbocycles. The molecule has 2 atom stereocenters. The van der Waals surface area contributed by atoms with Crippen LogP contribution in [0.15, 0.2) is 60.7 Å². The Balaban J connectivity index is 1.42. The standard InChI is InChI=1S/C27H27N3O4/c1-17-15-21(19(3)30(17)18(2)20-9-5-4-6-10-20)23(31)16-29-25(32)27(28-26(29)33)13-14-34-24-12-8-7-11-22(24)27/h4-12,15,18H,13-14,16H2,1-3H3,(H,28,33)/t18-,27-/m0/s1. The zero-order valence-electron chi connectivity index (χ0n) is 19.5. The number of ether oxygens (including phenoxy) is 1. The Hall–Kier alpha value is -3.87. The van der Waals surface area contributed by atoms with E-state index in [1.165, 1.54) is 0 Å². The Morgan fingerprint density at radius 2 is 1.79 bits per heavy atom. The molecule has 7 heteroatoms. The number of nitrogens with zero attached hydrogens (tertiary/aromatic N) is 2. The third kappa shape index (κ3) is 3.31. The van der Waals surface area contributed by atoms with Crippen molar-refractivity contribution >= 4 is 17.7 Å². The molecule has 0 bridgehead atoms. The molecule has 3 heterocycles. The fraction of sp³-hybridized carbons (Fsp3) is 0.296. The minimum atomic E-state index is -1.19. The number of ketones is 1. The normalized spacial score (nSPS) is 20.1. The number of hydrogen-bond donors (Lipinski definition) is 1. The number of imide groups is 1. The van der Waals surface area contributed by atoms with Gasteiger partial charge in [-0.3, -0.25) is 14.5 Å². The fourth-order valence-corrected chi connectivity index (χ4v) is 5.28. The van der Waals surface area contributed by atoms with E-state index < -0.39 is 17.5 Å². The van der Waals surface area contributed by atoms with Gasteiger partial charge in [0.1, 0.15) is 5.75 Å². The van der Waals surface area contributed by atoms with E-state index in [4.69, 9.17) is 4.74 Å². The molecule has 2 aliphatic heterocycles. The predicted molar refractivity (Wildman–Crippen MR) is 127 cm³/mol. The van der Waals surface area contributed by atoms with E-state index in [9.17, 15) is 14.4 Å². The maximum atomic E-state index is 13.5. The van der Waals surface area contributed by atoms with E-state index in [1.54, 1.807) is 12.1 Å². The van der Waals surface area contributed by atoms with Gasteiger partial charge in [-0.25, -0.2) is 4.79 Å². The molecule has 7 nitrogen and oxygen atoms in total. The number of benzene rings is 2. The molecule has 0 radical (unpaired) electrons. The zero-order valence-corrected chi connectivity index (χ0v) is 19.5. The highest BCUT2D eigenvalue weighted by atomic mass is 16.5.